The van der Waals surface area contributed by atoms with Crippen molar-refractivity contribution in [3.05, 3.63) is 59.2 Å². The molecular formula is C20H24BrNSi. The maximum absolute atomic E-state index is 3.76. The zero-order chi connectivity index (χ0) is 16.8. The van der Waals surface area contributed by atoms with Gasteiger partial charge in [-0.25, -0.2) is 0 Å². The lowest BCUT2D eigenvalue weighted by molar-refractivity contribution is 0.703. The summed E-state index contributed by atoms with van der Waals surface area (Å²) >= 11 is 3.76. The Morgan fingerprint density at radius 2 is 1.57 bits per heavy atom. The van der Waals surface area contributed by atoms with Gasteiger partial charge >= 0.3 is 0 Å². The second-order valence-corrected chi connectivity index (χ2v) is 13.7. The molecule has 1 aromatic heterocycles. The van der Waals surface area contributed by atoms with E-state index in [1.54, 1.807) is 0 Å². The van der Waals surface area contributed by atoms with E-state index < -0.39 is 8.24 Å². The lowest BCUT2D eigenvalue weighted by atomic mass is 10.0. The van der Waals surface area contributed by atoms with Gasteiger partial charge in [0, 0.05) is 21.6 Å². The van der Waals surface area contributed by atoms with Crippen LogP contribution in [0.15, 0.2) is 59.2 Å². The summed E-state index contributed by atoms with van der Waals surface area (Å²) in [4.78, 5) is 0. The van der Waals surface area contributed by atoms with Crippen molar-refractivity contribution in [3.63, 3.8) is 0 Å². The third kappa shape index (κ3) is 2.81. The molecule has 0 bridgehead atoms. The van der Waals surface area contributed by atoms with E-state index in [-0.39, 0.29) is 0 Å². The summed E-state index contributed by atoms with van der Waals surface area (Å²) in [6, 6.07) is 17.4. The third-order valence-electron chi connectivity index (χ3n) is 5.30. The van der Waals surface area contributed by atoms with Crippen molar-refractivity contribution < 1.29 is 0 Å². The molecule has 0 unspecified atom stereocenters. The number of halogens is 1. The van der Waals surface area contributed by atoms with E-state index in [1.807, 2.05) is 0 Å². The zero-order valence-corrected chi connectivity index (χ0v) is 17.1. The second-order valence-electron chi connectivity index (χ2n) is 7.75. The minimum Gasteiger partial charge on any atom is -0.373 e. The maximum atomic E-state index is 3.76. The summed E-state index contributed by atoms with van der Waals surface area (Å²) in [5, 5.41) is 1.59. The van der Waals surface area contributed by atoms with Crippen molar-refractivity contribution in [2.24, 2.45) is 0 Å². The molecule has 0 radical (unpaired) electrons. The van der Waals surface area contributed by atoms with Gasteiger partial charge in [0.05, 0.1) is 0 Å². The predicted molar refractivity (Wildman–Crippen MR) is 108 cm³/mol. The molecule has 0 aliphatic rings. The normalized spacial score (nSPS) is 12.8. The highest BCUT2D eigenvalue weighted by molar-refractivity contribution is 9.10. The molecule has 1 nitrogen and oxygen atoms in total. The number of hydrogen-bond donors (Lipinski definition) is 0. The van der Waals surface area contributed by atoms with Crippen LogP contribution < -0.4 is 0 Å². The molecule has 2 aromatic carbocycles. The summed E-state index contributed by atoms with van der Waals surface area (Å²) in [5.74, 6) is 0. The number of fused-ring (bicyclic) bond motifs is 1. The minimum atomic E-state index is -1.66. The molecule has 0 spiro atoms. The van der Waals surface area contributed by atoms with Crippen LogP contribution in [0.3, 0.4) is 0 Å². The van der Waals surface area contributed by atoms with Gasteiger partial charge in [-0.1, -0.05) is 76.3 Å². The van der Waals surface area contributed by atoms with Gasteiger partial charge in [0.25, 0.3) is 0 Å². The molecule has 1 heterocycles. The molecule has 0 fully saturated rings. The number of benzene rings is 2. The van der Waals surface area contributed by atoms with Gasteiger partial charge in [0.15, 0.2) is 8.24 Å². The molecule has 0 amide bonds. The fraction of sp³-hybridized carbons (Fsp3) is 0.300. The quantitative estimate of drug-likeness (QED) is 0.421. The first-order valence-corrected chi connectivity index (χ1v) is 11.8. The molecule has 0 aliphatic heterocycles. The molecule has 0 N–H and O–H groups in total. The Morgan fingerprint density at radius 3 is 2.17 bits per heavy atom. The third-order valence-corrected chi connectivity index (χ3v) is 11.2. The first-order chi connectivity index (χ1) is 10.7. The lowest BCUT2D eigenvalue weighted by Gasteiger charge is -2.38. The highest BCUT2D eigenvalue weighted by atomic mass is 79.9. The van der Waals surface area contributed by atoms with E-state index in [1.165, 1.54) is 26.5 Å². The van der Waals surface area contributed by atoms with Crippen LogP contribution in [-0.2, 0) is 0 Å². The SMILES string of the molecule is CC(C)(C)[Si](C)(C)n1cc(Br)c2ccc(-c3ccccc3)cc21. The van der Waals surface area contributed by atoms with Crippen LogP contribution in [0.2, 0.25) is 18.1 Å². The Morgan fingerprint density at radius 1 is 0.913 bits per heavy atom. The van der Waals surface area contributed by atoms with Gasteiger partial charge < -0.3 is 4.23 Å². The van der Waals surface area contributed by atoms with Gasteiger partial charge in [-0.2, -0.15) is 0 Å². The zero-order valence-electron chi connectivity index (χ0n) is 14.5. The highest BCUT2D eigenvalue weighted by Crippen LogP contribution is 2.41. The summed E-state index contributed by atoms with van der Waals surface area (Å²) in [6.07, 6.45) is 2.29. The number of hydrogen-bond acceptors (Lipinski definition) is 0. The minimum absolute atomic E-state index is 0.293. The van der Waals surface area contributed by atoms with Crippen molar-refractivity contribution in [2.45, 2.75) is 38.9 Å². The Kier molecular flexibility index (Phi) is 4.05. The van der Waals surface area contributed by atoms with Crippen LogP contribution in [0.1, 0.15) is 20.8 Å². The average Bonchev–Trinajstić information content (AvgIpc) is 2.84. The van der Waals surface area contributed by atoms with Crippen molar-refractivity contribution in [1.29, 1.82) is 0 Å². The van der Waals surface area contributed by atoms with Crippen molar-refractivity contribution in [2.75, 3.05) is 0 Å². The summed E-state index contributed by atoms with van der Waals surface area (Å²) in [7, 11) is -1.66. The first-order valence-electron chi connectivity index (χ1n) is 8.08. The molecule has 0 atom stereocenters. The van der Waals surface area contributed by atoms with Crippen molar-refractivity contribution in [3.8, 4) is 11.1 Å². The first kappa shape index (κ1) is 16.5. The molecular weight excluding hydrogens is 362 g/mol. The Hall–Kier alpha value is -1.32. The van der Waals surface area contributed by atoms with E-state index in [4.69, 9.17) is 0 Å². The van der Waals surface area contributed by atoms with Gasteiger partial charge in [-0.05, 0) is 38.2 Å². The van der Waals surface area contributed by atoms with E-state index in [2.05, 4.69) is 109 Å². The van der Waals surface area contributed by atoms with Gasteiger partial charge in [0.2, 0.25) is 0 Å². The molecule has 3 rings (SSSR count). The molecule has 120 valence electrons. The summed E-state index contributed by atoms with van der Waals surface area (Å²) < 4.78 is 3.75. The number of rotatable bonds is 2. The largest absolute Gasteiger partial charge is 0.373 e. The van der Waals surface area contributed by atoms with Gasteiger partial charge in [0.1, 0.15) is 0 Å². The van der Waals surface area contributed by atoms with Crippen LogP contribution in [0.5, 0.6) is 0 Å². The average molecular weight is 386 g/mol. The Bertz CT molecular complexity index is 841. The van der Waals surface area contributed by atoms with Crippen molar-refractivity contribution >= 4 is 35.1 Å². The highest BCUT2D eigenvalue weighted by Gasteiger charge is 2.38. The van der Waals surface area contributed by atoms with E-state index >= 15 is 0 Å². The number of aromatic nitrogens is 1. The fourth-order valence-electron chi connectivity index (χ4n) is 2.82. The van der Waals surface area contributed by atoms with Crippen LogP contribution in [0.4, 0.5) is 0 Å². The van der Waals surface area contributed by atoms with E-state index in [0.29, 0.717) is 5.04 Å². The standard InChI is InChI=1S/C20H24BrNSi/c1-20(2,3)23(4,5)22-14-18(21)17-12-11-16(13-19(17)22)15-9-7-6-8-10-15/h6-14H,1-5H3. The second kappa shape index (κ2) is 5.64. The van der Waals surface area contributed by atoms with Gasteiger partial charge in [-0.15, -0.1) is 0 Å². The fourth-order valence-corrected chi connectivity index (χ4v) is 5.51. The lowest BCUT2D eigenvalue weighted by Crippen LogP contribution is -2.44. The van der Waals surface area contributed by atoms with Crippen LogP contribution >= 0.6 is 15.9 Å². The molecule has 0 aliphatic carbocycles. The Balaban J connectivity index is 2.25. The Labute approximate surface area is 148 Å². The van der Waals surface area contributed by atoms with E-state index in [9.17, 15) is 0 Å². The molecule has 3 heteroatoms. The van der Waals surface area contributed by atoms with Crippen molar-refractivity contribution in [1.82, 2.24) is 4.23 Å². The topological polar surface area (TPSA) is 4.93 Å². The smallest absolute Gasteiger partial charge is 0.161 e. The summed E-state index contributed by atoms with van der Waals surface area (Å²) in [6.45, 7) is 12.0. The molecule has 23 heavy (non-hydrogen) atoms. The van der Waals surface area contributed by atoms with Crippen LogP contribution in [-0.4, -0.2) is 12.5 Å². The monoisotopic (exact) mass is 385 g/mol. The predicted octanol–water partition coefficient (Wildman–Crippen LogP) is 6.92. The van der Waals surface area contributed by atoms with Crippen LogP contribution in [0, 0.1) is 0 Å². The molecule has 3 aromatic rings. The van der Waals surface area contributed by atoms with Gasteiger partial charge in [-0.3, -0.25) is 0 Å². The molecule has 0 saturated heterocycles. The van der Waals surface area contributed by atoms with E-state index in [0.717, 1.165) is 0 Å². The molecule has 0 saturated carbocycles. The number of nitrogens with zero attached hydrogens (tertiary/aromatic N) is 1. The van der Waals surface area contributed by atoms with Crippen LogP contribution in [0.25, 0.3) is 22.0 Å². The maximum Gasteiger partial charge on any atom is 0.161 e. The summed E-state index contributed by atoms with van der Waals surface area (Å²) in [5.41, 5.74) is 3.89.